The molecule has 7 heteroatoms. The lowest BCUT2D eigenvalue weighted by molar-refractivity contribution is -0.0593. The SMILES string of the molecule is CC1CNCC(/C(=C/N)C(=N)C(F)(F)F)N1. The molecule has 0 saturated carbocycles. The molecule has 5 N–H and O–H groups in total. The van der Waals surface area contributed by atoms with Crippen molar-refractivity contribution in [2.24, 2.45) is 5.73 Å². The van der Waals surface area contributed by atoms with Crippen LogP contribution in [0.5, 0.6) is 0 Å². The van der Waals surface area contributed by atoms with Crippen LogP contribution in [0.2, 0.25) is 0 Å². The molecule has 0 spiro atoms. The van der Waals surface area contributed by atoms with Crippen molar-refractivity contribution in [3.8, 4) is 0 Å². The van der Waals surface area contributed by atoms with E-state index in [-0.39, 0.29) is 11.6 Å². The van der Waals surface area contributed by atoms with Gasteiger partial charge in [0.15, 0.2) is 0 Å². The summed E-state index contributed by atoms with van der Waals surface area (Å²) in [5, 5.41) is 13.0. The molecule has 0 bridgehead atoms. The zero-order chi connectivity index (χ0) is 12.3. The Kier molecular flexibility index (Phi) is 3.93. The minimum absolute atomic E-state index is 0.0507. The van der Waals surface area contributed by atoms with Gasteiger partial charge in [0.25, 0.3) is 0 Å². The van der Waals surface area contributed by atoms with Crippen molar-refractivity contribution < 1.29 is 13.2 Å². The summed E-state index contributed by atoms with van der Waals surface area (Å²) in [5.41, 5.74) is 3.57. The molecule has 92 valence electrons. The quantitative estimate of drug-likeness (QED) is 0.523. The third kappa shape index (κ3) is 2.96. The average molecular weight is 236 g/mol. The van der Waals surface area contributed by atoms with Gasteiger partial charge in [-0.25, -0.2) is 0 Å². The Morgan fingerprint density at radius 3 is 2.50 bits per heavy atom. The molecule has 2 unspecified atom stereocenters. The predicted molar refractivity (Wildman–Crippen MR) is 55.3 cm³/mol. The Bertz CT molecular complexity index is 298. The van der Waals surface area contributed by atoms with E-state index in [2.05, 4.69) is 10.6 Å². The summed E-state index contributed by atoms with van der Waals surface area (Å²) in [4.78, 5) is 0. The summed E-state index contributed by atoms with van der Waals surface area (Å²) in [5.74, 6) is 0. The van der Waals surface area contributed by atoms with Gasteiger partial charge in [-0.2, -0.15) is 13.2 Å². The van der Waals surface area contributed by atoms with Gasteiger partial charge in [0, 0.05) is 36.9 Å². The van der Waals surface area contributed by atoms with Gasteiger partial charge in [0.05, 0.1) is 0 Å². The maximum Gasteiger partial charge on any atom is 0.433 e. The third-order valence-electron chi connectivity index (χ3n) is 2.41. The standard InChI is InChI=1S/C9H15F3N4/c1-5-3-15-4-7(16-5)6(2-13)8(14)9(10,11)12/h2,5,7,14-16H,3-4,13H2,1H3/b6-2-,14-8?. The first-order valence-electron chi connectivity index (χ1n) is 4.91. The lowest BCUT2D eigenvalue weighted by Gasteiger charge is -2.31. The van der Waals surface area contributed by atoms with Crippen molar-refractivity contribution in [3.05, 3.63) is 11.8 Å². The van der Waals surface area contributed by atoms with E-state index in [1.165, 1.54) is 0 Å². The van der Waals surface area contributed by atoms with Gasteiger partial charge >= 0.3 is 6.18 Å². The van der Waals surface area contributed by atoms with E-state index in [1.54, 1.807) is 0 Å². The molecule has 1 saturated heterocycles. The van der Waals surface area contributed by atoms with Crippen LogP contribution in [-0.4, -0.2) is 37.1 Å². The van der Waals surface area contributed by atoms with Crippen LogP contribution in [0.4, 0.5) is 13.2 Å². The highest BCUT2D eigenvalue weighted by molar-refractivity contribution is 6.02. The number of hydrogen-bond donors (Lipinski definition) is 4. The molecule has 0 radical (unpaired) electrons. The molecular weight excluding hydrogens is 221 g/mol. The summed E-state index contributed by atoms with van der Waals surface area (Å²) in [6.07, 6.45) is -3.80. The van der Waals surface area contributed by atoms with E-state index in [0.717, 1.165) is 6.20 Å². The van der Waals surface area contributed by atoms with Crippen LogP contribution in [0.3, 0.4) is 0 Å². The number of piperazine rings is 1. The van der Waals surface area contributed by atoms with Crippen LogP contribution in [-0.2, 0) is 0 Å². The van der Waals surface area contributed by atoms with Crippen LogP contribution in [0.15, 0.2) is 11.8 Å². The summed E-state index contributed by atoms with van der Waals surface area (Å²) in [6.45, 7) is 2.88. The lowest BCUT2D eigenvalue weighted by atomic mass is 9.99. The van der Waals surface area contributed by atoms with Gasteiger partial charge < -0.3 is 16.4 Å². The normalized spacial score (nSPS) is 27.9. The second-order valence-corrected chi connectivity index (χ2v) is 3.77. The monoisotopic (exact) mass is 236 g/mol. The minimum atomic E-state index is -4.66. The van der Waals surface area contributed by atoms with Crippen LogP contribution >= 0.6 is 0 Å². The molecule has 0 aromatic rings. The van der Waals surface area contributed by atoms with Gasteiger partial charge in [-0.05, 0) is 6.92 Å². The van der Waals surface area contributed by atoms with Gasteiger partial charge in [-0.15, -0.1) is 0 Å². The minimum Gasteiger partial charge on any atom is -0.404 e. The Labute approximate surface area is 91.6 Å². The molecule has 1 rings (SSSR count). The first kappa shape index (κ1) is 13.0. The van der Waals surface area contributed by atoms with E-state index in [4.69, 9.17) is 11.1 Å². The van der Waals surface area contributed by atoms with Crippen LogP contribution in [0, 0.1) is 5.41 Å². The molecule has 0 amide bonds. The van der Waals surface area contributed by atoms with Crippen LogP contribution in [0.25, 0.3) is 0 Å². The van der Waals surface area contributed by atoms with Gasteiger partial charge in [-0.1, -0.05) is 0 Å². The lowest BCUT2D eigenvalue weighted by Crippen LogP contribution is -2.56. The highest BCUT2D eigenvalue weighted by atomic mass is 19.4. The van der Waals surface area contributed by atoms with E-state index >= 15 is 0 Å². The molecule has 0 aromatic carbocycles. The topological polar surface area (TPSA) is 73.9 Å². The number of halogens is 3. The fraction of sp³-hybridized carbons (Fsp3) is 0.667. The fourth-order valence-corrected chi connectivity index (χ4v) is 1.64. The van der Waals surface area contributed by atoms with Crippen molar-refractivity contribution in [1.82, 2.24) is 10.6 Å². The fourth-order valence-electron chi connectivity index (χ4n) is 1.64. The third-order valence-corrected chi connectivity index (χ3v) is 2.41. The molecule has 1 heterocycles. The van der Waals surface area contributed by atoms with Gasteiger partial charge in [0.1, 0.15) is 5.71 Å². The maximum atomic E-state index is 12.4. The molecule has 1 fully saturated rings. The molecule has 2 atom stereocenters. The first-order valence-corrected chi connectivity index (χ1v) is 4.91. The molecule has 1 aliphatic heterocycles. The molecular formula is C9H15F3N4. The largest absolute Gasteiger partial charge is 0.433 e. The summed E-state index contributed by atoms with van der Waals surface area (Å²) in [7, 11) is 0. The van der Waals surface area contributed by atoms with Crippen molar-refractivity contribution in [3.63, 3.8) is 0 Å². The van der Waals surface area contributed by atoms with Crippen LogP contribution < -0.4 is 16.4 Å². The zero-order valence-electron chi connectivity index (χ0n) is 8.86. The predicted octanol–water partition coefficient (Wildman–Crippen LogP) is 0.361. The Morgan fingerprint density at radius 1 is 1.44 bits per heavy atom. The molecule has 1 aliphatic rings. The number of nitrogens with one attached hydrogen (secondary N) is 3. The number of rotatable bonds is 2. The summed E-state index contributed by atoms with van der Waals surface area (Å²) >= 11 is 0. The maximum absolute atomic E-state index is 12.4. The second kappa shape index (κ2) is 4.84. The Hall–Kier alpha value is -1.08. The van der Waals surface area contributed by atoms with Crippen molar-refractivity contribution >= 4 is 5.71 Å². The number of hydrogen-bond acceptors (Lipinski definition) is 4. The second-order valence-electron chi connectivity index (χ2n) is 3.77. The molecule has 0 aromatic heterocycles. The van der Waals surface area contributed by atoms with E-state index < -0.39 is 17.9 Å². The smallest absolute Gasteiger partial charge is 0.404 e. The highest BCUT2D eigenvalue weighted by Gasteiger charge is 2.39. The first-order chi connectivity index (χ1) is 7.36. The van der Waals surface area contributed by atoms with Gasteiger partial charge in [-0.3, -0.25) is 5.41 Å². The summed E-state index contributed by atoms with van der Waals surface area (Å²) < 4.78 is 37.1. The van der Waals surface area contributed by atoms with Crippen LogP contribution in [0.1, 0.15) is 6.92 Å². The van der Waals surface area contributed by atoms with E-state index in [0.29, 0.717) is 13.1 Å². The Balaban J connectivity index is 2.79. The highest BCUT2D eigenvalue weighted by Crippen LogP contribution is 2.22. The van der Waals surface area contributed by atoms with E-state index in [9.17, 15) is 13.2 Å². The average Bonchev–Trinajstić information content (AvgIpc) is 2.17. The number of nitrogens with two attached hydrogens (primary N) is 1. The summed E-state index contributed by atoms with van der Waals surface area (Å²) in [6, 6.07) is -0.516. The molecule has 0 aliphatic carbocycles. The van der Waals surface area contributed by atoms with Crippen molar-refractivity contribution in [2.45, 2.75) is 25.2 Å². The van der Waals surface area contributed by atoms with E-state index in [1.807, 2.05) is 6.92 Å². The molecule has 4 nitrogen and oxygen atoms in total. The van der Waals surface area contributed by atoms with Crippen molar-refractivity contribution in [2.75, 3.05) is 13.1 Å². The molecule has 16 heavy (non-hydrogen) atoms. The number of alkyl halides is 3. The zero-order valence-corrected chi connectivity index (χ0v) is 8.86. The van der Waals surface area contributed by atoms with Crippen molar-refractivity contribution in [1.29, 1.82) is 5.41 Å². The van der Waals surface area contributed by atoms with Gasteiger partial charge in [0.2, 0.25) is 0 Å². The Morgan fingerprint density at radius 2 is 2.06 bits per heavy atom.